The van der Waals surface area contributed by atoms with Crippen molar-refractivity contribution in [3.8, 4) is 11.1 Å². The van der Waals surface area contributed by atoms with Crippen LogP contribution in [0.1, 0.15) is 33.0 Å². The number of carboxylic acids is 1. The number of carboxylic acid groups (broad SMARTS) is 1. The minimum absolute atomic E-state index is 0.0371. The van der Waals surface area contributed by atoms with Gasteiger partial charge in [-0.15, -0.1) is 0 Å². The number of hydrogen-bond acceptors (Lipinski definition) is 4. The van der Waals surface area contributed by atoms with Crippen molar-refractivity contribution in [2.75, 3.05) is 6.61 Å². The smallest absolute Gasteiger partial charge is 0.407 e. The number of nitrogens with one attached hydrogen (secondary N) is 2. The topological polar surface area (TPSA) is 135 Å². The molecule has 5 rings (SSSR count). The number of carbonyl (C=O) groups excluding carboxylic acids is 2. The summed E-state index contributed by atoms with van der Waals surface area (Å²) in [5.74, 6) is -1.85. The van der Waals surface area contributed by atoms with Gasteiger partial charge in [0.25, 0.3) is 0 Å². The number of aromatic nitrogens is 1. The van der Waals surface area contributed by atoms with Gasteiger partial charge in [0.15, 0.2) is 0 Å². The molecule has 1 aliphatic carbocycles. The van der Waals surface area contributed by atoms with Crippen LogP contribution in [0.4, 0.5) is 4.79 Å². The molecular formula is C27H23N3O5. The van der Waals surface area contributed by atoms with Crippen molar-refractivity contribution in [3.63, 3.8) is 0 Å². The highest BCUT2D eigenvalue weighted by atomic mass is 16.5. The molecule has 5 N–H and O–H groups in total. The van der Waals surface area contributed by atoms with Crippen molar-refractivity contribution in [1.29, 1.82) is 0 Å². The molecule has 1 unspecified atom stereocenters. The third-order valence-electron chi connectivity index (χ3n) is 6.41. The number of H-pyrrole nitrogens is 1. The molecule has 3 aromatic carbocycles. The fraction of sp³-hybridized carbons (Fsp3) is 0.148. The van der Waals surface area contributed by atoms with E-state index in [2.05, 4.69) is 10.3 Å². The van der Waals surface area contributed by atoms with E-state index in [1.54, 1.807) is 24.4 Å². The summed E-state index contributed by atoms with van der Waals surface area (Å²) < 4.78 is 5.50. The minimum atomic E-state index is -1.19. The molecule has 1 aliphatic rings. The number of fused-ring (bicyclic) bond motifs is 4. The Morgan fingerprint density at radius 1 is 1.00 bits per heavy atom. The first-order valence-electron chi connectivity index (χ1n) is 11.2. The molecule has 176 valence electrons. The monoisotopic (exact) mass is 469 g/mol. The SMILES string of the molecule is NC(=O)c1ccc2c(CC(NC(=O)OCC3c4ccccc4-c4ccccc43)C(=O)O)c[nH]c2c1. The first kappa shape index (κ1) is 22.2. The number of aliphatic carboxylic acids is 1. The summed E-state index contributed by atoms with van der Waals surface area (Å²) in [6.07, 6.45) is 0.898. The van der Waals surface area contributed by atoms with Crippen LogP contribution in [0.25, 0.3) is 22.0 Å². The van der Waals surface area contributed by atoms with E-state index in [0.717, 1.165) is 27.6 Å². The van der Waals surface area contributed by atoms with Crippen LogP contribution in [0, 0.1) is 0 Å². The maximum Gasteiger partial charge on any atom is 0.407 e. The first-order chi connectivity index (χ1) is 16.9. The van der Waals surface area contributed by atoms with Crippen LogP contribution in [0.3, 0.4) is 0 Å². The highest BCUT2D eigenvalue weighted by molar-refractivity contribution is 5.97. The molecule has 0 fully saturated rings. The van der Waals surface area contributed by atoms with E-state index in [4.69, 9.17) is 10.5 Å². The van der Waals surface area contributed by atoms with Crippen molar-refractivity contribution in [1.82, 2.24) is 10.3 Å². The molecule has 0 aliphatic heterocycles. The fourth-order valence-corrected chi connectivity index (χ4v) is 4.71. The zero-order valence-electron chi connectivity index (χ0n) is 18.7. The number of benzene rings is 3. The quantitative estimate of drug-likeness (QED) is 0.327. The number of amides is 2. The van der Waals surface area contributed by atoms with Crippen molar-refractivity contribution in [2.24, 2.45) is 5.73 Å². The highest BCUT2D eigenvalue weighted by Gasteiger charge is 2.30. The molecular weight excluding hydrogens is 446 g/mol. The van der Waals surface area contributed by atoms with Crippen molar-refractivity contribution in [2.45, 2.75) is 18.4 Å². The zero-order valence-corrected chi connectivity index (χ0v) is 18.7. The van der Waals surface area contributed by atoms with Crippen LogP contribution in [-0.2, 0) is 16.0 Å². The lowest BCUT2D eigenvalue weighted by atomic mass is 9.98. The van der Waals surface area contributed by atoms with E-state index in [1.807, 2.05) is 48.5 Å². The van der Waals surface area contributed by atoms with Gasteiger partial charge in [0, 0.05) is 35.0 Å². The molecule has 1 atom stereocenters. The third-order valence-corrected chi connectivity index (χ3v) is 6.41. The van der Waals surface area contributed by atoms with Crippen LogP contribution in [0.15, 0.2) is 72.9 Å². The number of ether oxygens (including phenoxy) is 1. The molecule has 1 aromatic heterocycles. The number of aromatic amines is 1. The average Bonchev–Trinajstić information content (AvgIpc) is 3.40. The summed E-state index contributed by atoms with van der Waals surface area (Å²) in [7, 11) is 0. The van der Waals surface area contributed by atoms with Crippen LogP contribution >= 0.6 is 0 Å². The molecule has 0 spiro atoms. The Morgan fingerprint density at radius 2 is 1.66 bits per heavy atom. The number of carbonyl (C=O) groups is 3. The van der Waals surface area contributed by atoms with Gasteiger partial charge in [0.2, 0.25) is 5.91 Å². The highest BCUT2D eigenvalue weighted by Crippen LogP contribution is 2.44. The average molecular weight is 469 g/mol. The van der Waals surface area contributed by atoms with Crippen molar-refractivity contribution in [3.05, 3.63) is 95.2 Å². The number of alkyl carbamates (subject to hydrolysis) is 1. The second-order valence-electron chi connectivity index (χ2n) is 8.50. The van der Waals surface area contributed by atoms with Crippen molar-refractivity contribution < 1.29 is 24.2 Å². The van der Waals surface area contributed by atoms with Gasteiger partial charge in [-0.25, -0.2) is 9.59 Å². The summed E-state index contributed by atoms with van der Waals surface area (Å²) >= 11 is 0. The summed E-state index contributed by atoms with van der Waals surface area (Å²) in [5.41, 5.74) is 11.4. The lowest BCUT2D eigenvalue weighted by Gasteiger charge is -2.17. The summed E-state index contributed by atoms with van der Waals surface area (Å²) in [6, 6.07) is 19.7. The van der Waals surface area contributed by atoms with E-state index in [0.29, 0.717) is 16.6 Å². The Balaban J connectivity index is 1.28. The standard InChI is InChI=1S/C27H23N3O5/c28-25(31)15-9-10-17-16(13-29-23(17)11-15)12-24(26(32)33)30-27(34)35-14-22-20-7-3-1-5-18(20)19-6-2-4-8-21(19)22/h1-11,13,22,24,29H,12,14H2,(H2,28,31)(H,30,34)(H,32,33). The van der Waals surface area contributed by atoms with Gasteiger partial charge in [-0.2, -0.15) is 0 Å². The Morgan fingerprint density at radius 3 is 2.29 bits per heavy atom. The van der Waals surface area contributed by atoms with Gasteiger partial charge in [-0.3, -0.25) is 4.79 Å². The molecule has 1 heterocycles. The van der Waals surface area contributed by atoms with Crippen LogP contribution in [0.2, 0.25) is 0 Å². The molecule has 4 aromatic rings. The van der Waals surface area contributed by atoms with Crippen LogP contribution in [-0.4, -0.2) is 40.7 Å². The molecule has 8 nitrogen and oxygen atoms in total. The molecule has 0 saturated heterocycles. The summed E-state index contributed by atoms with van der Waals surface area (Å²) in [5, 5.41) is 12.9. The molecule has 8 heteroatoms. The number of primary amides is 1. The Hall–Kier alpha value is -4.59. The van der Waals surface area contributed by atoms with Crippen LogP contribution in [0.5, 0.6) is 0 Å². The Kier molecular flexibility index (Phi) is 5.70. The maximum absolute atomic E-state index is 12.6. The van der Waals surface area contributed by atoms with Gasteiger partial charge < -0.3 is 25.9 Å². The van der Waals surface area contributed by atoms with Crippen molar-refractivity contribution >= 4 is 28.9 Å². The predicted molar refractivity (Wildman–Crippen MR) is 130 cm³/mol. The van der Waals surface area contributed by atoms with E-state index < -0.39 is 24.0 Å². The zero-order chi connectivity index (χ0) is 24.5. The van der Waals surface area contributed by atoms with E-state index in [9.17, 15) is 19.5 Å². The Labute approximate surface area is 200 Å². The maximum atomic E-state index is 12.6. The first-order valence-corrected chi connectivity index (χ1v) is 11.2. The summed E-state index contributed by atoms with van der Waals surface area (Å²) in [6.45, 7) is 0.0924. The van der Waals surface area contributed by atoms with Gasteiger partial charge in [0.1, 0.15) is 12.6 Å². The number of rotatable bonds is 7. The Bertz CT molecular complexity index is 1410. The normalized spacial score (nSPS) is 13.1. The molecule has 0 saturated carbocycles. The lowest BCUT2D eigenvalue weighted by Crippen LogP contribution is -2.42. The molecule has 2 amide bonds. The van der Waals surface area contributed by atoms with Gasteiger partial charge in [-0.1, -0.05) is 54.6 Å². The summed E-state index contributed by atoms with van der Waals surface area (Å²) in [4.78, 5) is 38.9. The second-order valence-corrected chi connectivity index (χ2v) is 8.50. The van der Waals surface area contributed by atoms with Gasteiger partial charge in [0.05, 0.1) is 0 Å². The molecule has 35 heavy (non-hydrogen) atoms. The minimum Gasteiger partial charge on any atom is -0.480 e. The molecule has 0 radical (unpaired) electrons. The largest absolute Gasteiger partial charge is 0.480 e. The lowest BCUT2D eigenvalue weighted by molar-refractivity contribution is -0.139. The van der Waals surface area contributed by atoms with Crippen LogP contribution < -0.4 is 11.1 Å². The van der Waals surface area contributed by atoms with E-state index >= 15 is 0 Å². The third kappa shape index (κ3) is 4.21. The fourth-order valence-electron chi connectivity index (χ4n) is 4.71. The number of nitrogens with two attached hydrogens (primary N) is 1. The molecule has 0 bridgehead atoms. The second kappa shape index (κ2) is 8.98. The van der Waals surface area contributed by atoms with E-state index in [-0.39, 0.29) is 18.9 Å². The van der Waals surface area contributed by atoms with Gasteiger partial charge >= 0.3 is 12.1 Å². The van der Waals surface area contributed by atoms with Gasteiger partial charge in [-0.05, 0) is 39.9 Å². The predicted octanol–water partition coefficient (Wildman–Crippen LogP) is 3.80. The number of hydrogen-bond donors (Lipinski definition) is 4. The van der Waals surface area contributed by atoms with E-state index in [1.165, 1.54) is 0 Å².